The van der Waals surface area contributed by atoms with Gasteiger partial charge in [-0.15, -0.1) is 0 Å². The second kappa shape index (κ2) is 10.8. The van der Waals surface area contributed by atoms with Crippen molar-refractivity contribution >= 4 is 5.91 Å². The third-order valence-electron chi connectivity index (χ3n) is 4.74. The lowest BCUT2D eigenvalue weighted by molar-refractivity contribution is -0.123. The van der Waals surface area contributed by atoms with Gasteiger partial charge in [0.1, 0.15) is 0 Å². The molecule has 1 amide bonds. The zero-order valence-electron chi connectivity index (χ0n) is 16.0. The number of benzene rings is 2. The number of halogens is 1. The fourth-order valence-electron chi connectivity index (χ4n) is 3.22. The zero-order valence-corrected chi connectivity index (χ0v) is 16.0. The first-order chi connectivity index (χ1) is 13.7. The van der Waals surface area contributed by atoms with Crippen molar-refractivity contribution in [3.05, 3.63) is 66.0 Å². The number of nitrogens with one attached hydrogen (secondary N) is 1. The summed E-state index contributed by atoms with van der Waals surface area (Å²) >= 11 is 0. The van der Waals surface area contributed by atoms with Crippen LogP contribution in [0.3, 0.4) is 0 Å². The molecular formula is C22H27FN2O3. The lowest BCUT2D eigenvalue weighted by Crippen LogP contribution is -2.39. The molecular weight excluding hydrogens is 359 g/mol. The van der Waals surface area contributed by atoms with Gasteiger partial charge in [-0.3, -0.25) is 9.69 Å². The third-order valence-corrected chi connectivity index (χ3v) is 4.74. The maximum absolute atomic E-state index is 13.4. The van der Waals surface area contributed by atoms with Crippen molar-refractivity contribution in [2.45, 2.75) is 18.9 Å². The molecule has 0 aliphatic carbocycles. The van der Waals surface area contributed by atoms with Crippen molar-refractivity contribution in [2.75, 3.05) is 39.4 Å². The van der Waals surface area contributed by atoms with Crippen molar-refractivity contribution in [1.29, 1.82) is 0 Å². The highest BCUT2D eigenvalue weighted by Crippen LogP contribution is 2.22. The van der Waals surface area contributed by atoms with Gasteiger partial charge in [0.05, 0.1) is 12.7 Å². The first-order valence-corrected chi connectivity index (χ1v) is 9.75. The summed E-state index contributed by atoms with van der Waals surface area (Å²) in [5, 5.41) is 2.82. The van der Waals surface area contributed by atoms with E-state index < -0.39 is 5.82 Å². The molecule has 0 radical (unpaired) electrons. The van der Waals surface area contributed by atoms with E-state index in [2.05, 4.69) is 22.3 Å². The Morgan fingerprint density at radius 3 is 2.75 bits per heavy atom. The van der Waals surface area contributed by atoms with Gasteiger partial charge in [-0.1, -0.05) is 42.5 Å². The van der Waals surface area contributed by atoms with Gasteiger partial charge in [-0.05, 0) is 37.1 Å². The first kappa shape index (κ1) is 20.3. The van der Waals surface area contributed by atoms with Gasteiger partial charge in [0, 0.05) is 19.6 Å². The molecule has 1 aliphatic heterocycles. The van der Waals surface area contributed by atoms with Crippen LogP contribution < -0.4 is 10.1 Å². The Morgan fingerprint density at radius 1 is 1.14 bits per heavy atom. The summed E-state index contributed by atoms with van der Waals surface area (Å²) in [6, 6.07) is 16.4. The molecule has 28 heavy (non-hydrogen) atoms. The van der Waals surface area contributed by atoms with Crippen molar-refractivity contribution in [3.63, 3.8) is 0 Å². The lowest BCUT2D eigenvalue weighted by Gasteiger charge is -2.33. The number of unbranched alkanes of at least 4 members (excludes halogenated alkanes) is 1. The Hall–Kier alpha value is -2.44. The number of hydrogen-bond donors (Lipinski definition) is 1. The molecule has 2 aromatic rings. The average molecular weight is 386 g/mol. The number of rotatable bonds is 9. The molecule has 1 aliphatic rings. The number of para-hydroxylation sites is 1. The molecule has 1 N–H and O–H groups in total. The number of hydrogen-bond acceptors (Lipinski definition) is 4. The predicted octanol–water partition coefficient (Wildman–Crippen LogP) is 3.17. The topological polar surface area (TPSA) is 50.8 Å². The maximum atomic E-state index is 13.4. The number of ether oxygens (including phenoxy) is 2. The molecule has 2 aromatic carbocycles. The normalized spacial score (nSPS) is 17.2. The highest BCUT2D eigenvalue weighted by molar-refractivity contribution is 5.77. The standard InChI is InChI=1S/C22H27FN2O3/c23-19-10-4-5-11-20(19)28-17-22(26)24-12-6-7-13-25-14-15-27-21(16-25)18-8-2-1-3-9-18/h1-5,8-11,21H,6-7,12-17H2,(H,24,26). The Kier molecular flexibility index (Phi) is 7.82. The van der Waals surface area contributed by atoms with Crippen molar-refractivity contribution < 1.29 is 18.7 Å². The van der Waals surface area contributed by atoms with Crippen LogP contribution in [-0.2, 0) is 9.53 Å². The molecule has 1 heterocycles. The maximum Gasteiger partial charge on any atom is 0.257 e. The molecule has 1 fully saturated rings. The van der Waals surface area contributed by atoms with E-state index in [1.54, 1.807) is 12.1 Å². The number of carbonyl (C=O) groups excluding carboxylic acids is 1. The van der Waals surface area contributed by atoms with Crippen LogP contribution in [0.1, 0.15) is 24.5 Å². The summed E-state index contributed by atoms with van der Waals surface area (Å²) in [5.74, 6) is -0.605. The van der Waals surface area contributed by atoms with Crippen LogP contribution in [0.5, 0.6) is 5.75 Å². The van der Waals surface area contributed by atoms with Gasteiger partial charge in [-0.25, -0.2) is 4.39 Å². The Bertz CT molecular complexity index is 742. The second-order valence-corrected chi connectivity index (χ2v) is 6.85. The molecule has 0 bridgehead atoms. The van der Waals surface area contributed by atoms with Gasteiger partial charge in [-0.2, -0.15) is 0 Å². The number of morpholine rings is 1. The van der Waals surface area contributed by atoms with Crippen molar-refractivity contribution in [2.24, 2.45) is 0 Å². The van der Waals surface area contributed by atoms with E-state index in [1.165, 1.54) is 17.7 Å². The summed E-state index contributed by atoms with van der Waals surface area (Å²) in [7, 11) is 0. The lowest BCUT2D eigenvalue weighted by atomic mass is 10.1. The van der Waals surface area contributed by atoms with E-state index in [0.717, 1.165) is 39.1 Å². The highest BCUT2D eigenvalue weighted by atomic mass is 19.1. The molecule has 3 rings (SSSR count). The molecule has 0 saturated carbocycles. The molecule has 5 nitrogen and oxygen atoms in total. The quantitative estimate of drug-likeness (QED) is 0.673. The smallest absolute Gasteiger partial charge is 0.257 e. The molecule has 1 atom stereocenters. The van der Waals surface area contributed by atoms with Crippen LogP contribution in [0.15, 0.2) is 54.6 Å². The average Bonchev–Trinajstić information content (AvgIpc) is 2.74. The van der Waals surface area contributed by atoms with E-state index in [1.807, 2.05) is 18.2 Å². The van der Waals surface area contributed by atoms with E-state index in [4.69, 9.17) is 9.47 Å². The van der Waals surface area contributed by atoms with Gasteiger partial charge in [0.15, 0.2) is 18.2 Å². The van der Waals surface area contributed by atoms with Crippen LogP contribution in [0.4, 0.5) is 4.39 Å². The van der Waals surface area contributed by atoms with Gasteiger partial charge in [0.25, 0.3) is 5.91 Å². The molecule has 6 heteroatoms. The summed E-state index contributed by atoms with van der Waals surface area (Å²) in [6.45, 7) is 3.96. The Labute approximate surface area is 165 Å². The van der Waals surface area contributed by atoms with Crippen LogP contribution in [0, 0.1) is 5.82 Å². The fraction of sp³-hybridized carbons (Fsp3) is 0.409. The molecule has 1 unspecified atom stereocenters. The van der Waals surface area contributed by atoms with Crippen molar-refractivity contribution in [1.82, 2.24) is 10.2 Å². The number of carbonyl (C=O) groups is 1. The number of amides is 1. The highest BCUT2D eigenvalue weighted by Gasteiger charge is 2.21. The van der Waals surface area contributed by atoms with Crippen LogP contribution >= 0.6 is 0 Å². The summed E-state index contributed by atoms with van der Waals surface area (Å²) in [6.07, 6.45) is 2.01. The second-order valence-electron chi connectivity index (χ2n) is 6.85. The van der Waals surface area contributed by atoms with Crippen LogP contribution in [-0.4, -0.2) is 50.2 Å². The Morgan fingerprint density at radius 2 is 1.93 bits per heavy atom. The molecule has 0 aromatic heterocycles. The predicted molar refractivity (Wildman–Crippen MR) is 106 cm³/mol. The zero-order chi connectivity index (χ0) is 19.6. The van der Waals surface area contributed by atoms with E-state index in [0.29, 0.717) is 6.54 Å². The monoisotopic (exact) mass is 386 g/mol. The third kappa shape index (κ3) is 6.32. The van der Waals surface area contributed by atoms with Gasteiger partial charge in [0.2, 0.25) is 0 Å². The van der Waals surface area contributed by atoms with E-state index in [9.17, 15) is 9.18 Å². The molecule has 1 saturated heterocycles. The first-order valence-electron chi connectivity index (χ1n) is 9.75. The van der Waals surface area contributed by atoms with Crippen LogP contribution in [0.2, 0.25) is 0 Å². The van der Waals surface area contributed by atoms with Crippen molar-refractivity contribution in [3.8, 4) is 5.75 Å². The SMILES string of the molecule is O=C(COc1ccccc1F)NCCCCN1CCOC(c2ccccc2)C1. The van der Waals surface area contributed by atoms with E-state index in [-0.39, 0.29) is 24.4 Å². The minimum Gasteiger partial charge on any atom is -0.481 e. The fourth-order valence-corrected chi connectivity index (χ4v) is 3.22. The largest absolute Gasteiger partial charge is 0.481 e. The number of nitrogens with zero attached hydrogens (tertiary/aromatic N) is 1. The Balaban J connectivity index is 1.28. The summed E-state index contributed by atoms with van der Waals surface area (Å²) in [4.78, 5) is 14.2. The van der Waals surface area contributed by atoms with Gasteiger partial charge >= 0.3 is 0 Å². The van der Waals surface area contributed by atoms with Crippen LogP contribution in [0.25, 0.3) is 0 Å². The van der Waals surface area contributed by atoms with Gasteiger partial charge < -0.3 is 14.8 Å². The summed E-state index contributed by atoms with van der Waals surface area (Å²) < 4.78 is 24.5. The summed E-state index contributed by atoms with van der Waals surface area (Å²) in [5.41, 5.74) is 1.22. The minimum absolute atomic E-state index is 0.0953. The molecule has 150 valence electrons. The minimum atomic E-state index is -0.463. The molecule has 0 spiro atoms. The van der Waals surface area contributed by atoms with E-state index >= 15 is 0 Å².